The Morgan fingerprint density at radius 2 is 1.75 bits per heavy atom. The summed E-state index contributed by atoms with van der Waals surface area (Å²) in [7, 11) is 0. The Hall–Kier alpha value is -0.460. The molecule has 0 bridgehead atoms. The summed E-state index contributed by atoms with van der Waals surface area (Å²) in [6, 6.07) is 0. The molecule has 1 heteroatoms. The average molecular weight is 169 g/mol. The molecule has 0 heterocycles. The molecular formula is C11H23N. The highest BCUT2D eigenvalue weighted by molar-refractivity contribution is 4.94. The van der Waals surface area contributed by atoms with Crippen LogP contribution in [0.3, 0.4) is 0 Å². The zero-order chi connectivity index (χ0) is 9.23. The van der Waals surface area contributed by atoms with E-state index < -0.39 is 0 Å². The summed E-state index contributed by atoms with van der Waals surface area (Å²) in [6.07, 6.45) is 11.1. The lowest BCUT2D eigenvalue weighted by molar-refractivity contribution is 0.636. The van der Waals surface area contributed by atoms with Crippen LogP contribution < -0.4 is 5.73 Å². The highest BCUT2D eigenvalue weighted by Crippen LogP contribution is 2.06. The van der Waals surface area contributed by atoms with Gasteiger partial charge in [0.2, 0.25) is 0 Å². The molecule has 2 N–H and O–H groups in total. The third-order valence-corrected chi connectivity index (χ3v) is 2.12. The fourth-order valence-electron chi connectivity index (χ4n) is 1.18. The van der Waals surface area contributed by atoms with Gasteiger partial charge in [-0.2, -0.15) is 0 Å². The van der Waals surface area contributed by atoms with E-state index >= 15 is 0 Å². The molecule has 0 saturated heterocycles. The third-order valence-electron chi connectivity index (χ3n) is 2.12. The zero-order valence-corrected chi connectivity index (χ0v) is 8.60. The molecule has 0 unspecified atom stereocenters. The van der Waals surface area contributed by atoms with Crippen LogP contribution in [0.15, 0.2) is 11.8 Å². The van der Waals surface area contributed by atoms with Crippen LogP contribution in [0.25, 0.3) is 0 Å². The van der Waals surface area contributed by atoms with Gasteiger partial charge in [0.05, 0.1) is 0 Å². The van der Waals surface area contributed by atoms with E-state index in [1.165, 1.54) is 38.5 Å². The Morgan fingerprint density at radius 1 is 1.08 bits per heavy atom. The molecule has 0 saturated carbocycles. The quantitative estimate of drug-likeness (QED) is 0.579. The first-order valence-electron chi connectivity index (χ1n) is 5.25. The van der Waals surface area contributed by atoms with Crippen LogP contribution in [-0.4, -0.2) is 0 Å². The van der Waals surface area contributed by atoms with Crippen LogP contribution in [0, 0.1) is 0 Å². The van der Waals surface area contributed by atoms with Gasteiger partial charge < -0.3 is 5.73 Å². The number of allylic oxidation sites excluding steroid dienone is 2. The Balaban J connectivity index is 3.10. The van der Waals surface area contributed by atoms with Gasteiger partial charge in [-0.05, 0) is 19.3 Å². The van der Waals surface area contributed by atoms with Crippen LogP contribution in [-0.2, 0) is 0 Å². The zero-order valence-electron chi connectivity index (χ0n) is 8.60. The first-order valence-corrected chi connectivity index (χ1v) is 5.25. The SMILES string of the molecule is CCCCCCCC=C(N)CC. The predicted molar refractivity (Wildman–Crippen MR) is 55.9 cm³/mol. The Bertz CT molecular complexity index is 116. The second-order valence-corrected chi connectivity index (χ2v) is 3.34. The Kier molecular flexibility index (Phi) is 8.30. The van der Waals surface area contributed by atoms with Gasteiger partial charge in [-0.25, -0.2) is 0 Å². The van der Waals surface area contributed by atoms with Gasteiger partial charge in [-0.15, -0.1) is 0 Å². The predicted octanol–water partition coefficient (Wildman–Crippen LogP) is 3.60. The normalized spacial score (nSPS) is 12.0. The van der Waals surface area contributed by atoms with Gasteiger partial charge >= 0.3 is 0 Å². The van der Waals surface area contributed by atoms with Crippen LogP contribution >= 0.6 is 0 Å². The van der Waals surface area contributed by atoms with Crippen LogP contribution in [0.5, 0.6) is 0 Å². The molecule has 0 atom stereocenters. The van der Waals surface area contributed by atoms with Gasteiger partial charge in [0.15, 0.2) is 0 Å². The van der Waals surface area contributed by atoms with E-state index in [4.69, 9.17) is 5.73 Å². The number of unbranched alkanes of at least 4 members (excludes halogenated alkanes) is 5. The van der Waals surface area contributed by atoms with E-state index in [-0.39, 0.29) is 0 Å². The van der Waals surface area contributed by atoms with Crippen molar-refractivity contribution in [2.24, 2.45) is 5.73 Å². The molecule has 0 rings (SSSR count). The molecule has 0 amide bonds. The second-order valence-electron chi connectivity index (χ2n) is 3.34. The summed E-state index contributed by atoms with van der Waals surface area (Å²) >= 11 is 0. The number of hydrogen-bond acceptors (Lipinski definition) is 1. The minimum Gasteiger partial charge on any atom is -0.402 e. The molecule has 0 radical (unpaired) electrons. The van der Waals surface area contributed by atoms with E-state index in [1.807, 2.05) is 0 Å². The molecule has 0 aliphatic carbocycles. The van der Waals surface area contributed by atoms with Crippen molar-refractivity contribution in [1.29, 1.82) is 0 Å². The fourth-order valence-corrected chi connectivity index (χ4v) is 1.18. The summed E-state index contributed by atoms with van der Waals surface area (Å²) in [4.78, 5) is 0. The lowest BCUT2D eigenvalue weighted by Crippen LogP contribution is -1.93. The van der Waals surface area contributed by atoms with E-state index in [9.17, 15) is 0 Å². The monoisotopic (exact) mass is 169 g/mol. The van der Waals surface area contributed by atoms with E-state index in [1.54, 1.807) is 0 Å². The first-order chi connectivity index (χ1) is 5.81. The molecule has 72 valence electrons. The number of rotatable bonds is 7. The first kappa shape index (κ1) is 11.5. The highest BCUT2D eigenvalue weighted by atomic mass is 14.6. The summed E-state index contributed by atoms with van der Waals surface area (Å²) in [6.45, 7) is 4.35. The van der Waals surface area contributed by atoms with Gasteiger partial charge in [-0.3, -0.25) is 0 Å². The van der Waals surface area contributed by atoms with Gasteiger partial charge in [0.25, 0.3) is 0 Å². The van der Waals surface area contributed by atoms with Crippen molar-refractivity contribution >= 4 is 0 Å². The molecule has 0 aromatic rings. The molecule has 0 aromatic heterocycles. The van der Waals surface area contributed by atoms with Gasteiger partial charge in [0, 0.05) is 5.70 Å². The molecular weight excluding hydrogens is 146 g/mol. The maximum Gasteiger partial charge on any atom is 0.00371 e. The molecule has 0 aliphatic heterocycles. The van der Waals surface area contributed by atoms with Gasteiger partial charge in [-0.1, -0.05) is 45.6 Å². The van der Waals surface area contributed by atoms with E-state index in [0.29, 0.717) is 0 Å². The van der Waals surface area contributed by atoms with Crippen molar-refractivity contribution in [1.82, 2.24) is 0 Å². The lowest BCUT2D eigenvalue weighted by Gasteiger charge is -1.98. The van der Waals surface area contributed by atoms with Crippen molar-refractivity contribution in [3.8, 4) is 0 Å². The van der Waals surface area contributed by atoms with E-state index in [0.717, 1.165) is 12.1 Å². The van der Waals surface area contributed by atoms with E-state index in [2.05, 4.69) is 19.9 Å². The molecule has 12 heavy (non-hydrogen) atoms. The standard InChI is InChI=1S/C11H23N/c1-3-5-6-7-8-9-10-11(12)4-2/h10H,3-9,12H2,1-2H3. The number of nitrogens with two attached hydrogens (primary N) is 1. The molecule has 0 fully saturated rings. The molecule has 0 aliphatic rings. The van der Waals surface area contributed by atoms with Crippen molar-refractivity contribution in [3.63, 3.8) is 0 Å². The average Bonchev–Trinajstić information content (AvgIpc) is 2.10. The Morgan fingerprint density at radius 3 is 2.33 bits per heavy atom. The molecule has 1 nitrogen and oxygen atoms in total. The summed E-state index contributed by atoms with van der Waals surface area (Å²) in [5, 5.41) is 0. The molecule has 0 spiro atoms. The minimum absolute atomic E-state index is 0.995. The smallest absolute Gasteiger partial charge is 0.00371 e. The van der Waals surface area contributed by atoms with Crippen LogP contribution in [0.4, 0.5) is 0 Å². The highest BCUT2D eigenvalue weighted by Gasteiger charge is 1.88. The minimum atomic E-state index is 0.995. The van der Waals surface area contributed by atoms with Crippen molar-refractivity contribution in [3.05, 3.63) is 11.8 Å². The number of hydrogen-bond donors (Lipinski definition) is 1. The van der Waals surface area contributed by atoms with Crippen LogP contribution in [0.1, 0.15) is 58.8 Å². The Labute approximate surface area is 77.0 Å². The summed E-state index contributed by atoms with van der Waals surface area (Å²) in [5.41, 5.74) is 6.72. The second kappa shape index (κ2) is 8.63. The van der Waals surface area contributed by atoms with Crippen molar-refractivity contribution in [2.75, 3.05) is 0 Å². The van der Waals surface area contributed by atoms with Crippen molar-refractivity contribution < 1.29 is 0 Å². The van der Waals surface area contributed by atoms with Crippen molar-refractivity contribution in [2.45, 2.75) is 58.8 Å². The fraction of sp³-hybridized carbons (Fsp3) is 0.818. The van der Waals surface area contributed by atoms with Gasteiger partial charge in [0.1, 0.15) is 0 Å². The maximum atomic E-state index is 5.67. The maximum absolute atomic E-state index is 5.67. The lowest BCUT2D eigenvalue weighted by atomic mass is 10.1. The molecule has 0 aromatic carbocycles. The largest absolute Gasteiger partial charge is 0.402 e. The summed E-state index contributed by atoms with van der Waals surface area (Å²) < 4.78 is 0. The van der Waals surface area contributed by atoms with Crippen LogP contribution in [0.2, 0.25) is 0 Å². The topological polar surface area (TPSA) is 26.0 Å². The summed E-state index contributed by atoms with van der Waals surface area (Å²) in [5.74, 6) is 0. The third kappa shape index (κ3) is 7.64.